The van der Waals surface area contributed by atoms with Gasteiger partial charge in [-0.3, -0.25) is 9.59 Å². The number of nitrogens with one attached hydrogen (secondary N) is 1. The molecule has 0 bridgehead atoms. The van der Waals surface area contributed by atoms with Crippen molar-refractivity contribution in [1.29, 1.82) is 0 Å². The predicted molar refractivity (Wildman–Crippen MR) is 92.8 cm³/mol. The van der Waals surface area contributed by atoms with E-state index in [0.29, 0.717) is 5.56 Å². The quantitative estimate of drug-likeness (QED) is 0.711. The topological polar surface area (TPSA) is 58.6 Å². The van der Waals surface area contributed by atoms with Gasteiger partial charge in [0.05, 0.1) is 6.10 Å². The number of hydrogen-bond acceptors (Lipinski definition) is 4. The van der Waals surface area contributed by atoms with Gasteiger partial charge < -0.3 is 15.0 Å². The molecular weight excluding hydrogens is 292 g/mol. The van der Waals surface area contributed by atoms with E-state index in [-0.39, 0.29) is 18.6 Å². The first-order chi connectivity index (χ1) is 11.0. The van der Waals surface area contributed by atoms with Crippen molar-refractivity contribution in [1.82, 2.24) is 5.32 Å². The molecule has 0 unspecified atom stereocenters. The van der Waals surface area contributed by atoms with Gasteiger partial charge in [0.25, 0.3) is 5.91 Å². The average molecular weight is 320 g/mol. The number of hydrogen-bond donors (Lipinski definition) is 1. The molecule has 1 aromatic rings. The summed E-state index contributed by atoms with van der Waals surface area (Å²) in [5.41, 5.74) is 1.65. The summed E-state index contributed by atoms with van der Waals surface area (Å²) in [6.45, 7) is 9.68. The van der Waals surface area contributed by atoms with E-state index in [4.69, 9.17) is 4.74 Å². The molecule has 1 N–H and O–H groups in total. The smallest absolute Gasteiger partial charge is 0.325 e. The molecule has 1 amide bonds. The lowest BCUT2D eigenvalue weighted by Crippen LogP contribution is -2.31. The first-order valence-electron chi connectivity index (χ1n) is 8.30. The number of nitrogens with zero attached hydrogens (tertiary/aromatic N) is 1. The van der Waals surface area contributed by atoms with Gasteiger partial charge in [0, 0.05) is 24.3 Å². The molecule has 0 radical (unpaired) electrons. The normalized spacial score (nSPS) is 10.5. The van der Waals surface area contributed by atoms with E-state index in [2.05, 4.69) is 24.1 Å². The number of benzene rings is 1. The zero-order valence-electron chi connectivity index (χ0n) is 14.6. The van der Waals surface area contributed by atoms with E-state index in [1.165, 1.54) is 0 Å². The Balaban J connectivity index is 2.58. The van der Waals surface area contributed by atoms with Crippen LogP contribution in [0.1, 0.15) is 50.9 Å². The zero-order chi connectivity index (χ0) is 17.2. The number of esters is 1. The minimum Gasteiger partial charge on any atom is -0.462 e. The lowest BCUT2D eigenvalue weighted by Gasteiger charge is -2.23. The fraction of sp³-hybridized carbons (Fsp3) is 0.556. The van der Waals surface area contributed by atoms with Crippen LogP contribution in [0.2, 0.25) is 0 Å². The van der Waals surface area contributed by atoms with Crippen LogP contribution in [0.15, 0.2) is 24.3 Å². The van der Waals surface area contributed by atoms with Gasteiger partial charge in [0.1, 0.15) is 6.54 Å². The van der Waals surface area contributed by atoms with E-state index in [0.717, 1.165) is 31.6 Å². The van der Waals surface area contributed by atoms with Crippen LogP contribution < -0.4 is 10.2 Å². The molecule has 0 aliphatic rings. The number of carbonyl (C=O) groups excluding carboxylic acids is 2. The second-order valence-corrected chi connectivity index (χ2v) is 5.70. The van der Waals surface area contributed by atoms with Crippen LogP contribution in [0.3, 0.4) is 0 Å². The van der Waals surface area contributed by atoms with Crippen LogP contribution in [0.4, 0.5) is 5.69 Å². The molecule has 0 aliphatic carbocycles. The third kappa shape index (κ3) is 6.72. The van der Waals surface area contributed by atoms with Gasteiger partial charge in [0.15, 0.2) is 0 Å². The minimum atomic E-state index is -0.429. The summed E-state index contributed by atoms with van der Waals surface area (Å²) in [6, 6.07) is 7.46. The van der Waals surface area contributed by atoms with Crippen molar-refractivity contribution in [2.75, 3.05) is 24.5 Å². The number of ether oxygens (including phenoxy) is 1. The Morgan fingerprint density at radius 3 is 2.35 bits per heavy atom. The Kier molecular flexibility index (Phi) is 8.16. The average Bonchev–Trinajstić information content (AvgIpc) is 2.53. The maximum atomic E-state index is 12.0. The minimum absolute atomic E-state index is 0.115. The second kappa shape index (κ2) is 9.87. The lowest BCUT2D eigenvalue weighted by molar-refractivity contribution is -0.146. The van der Waals surface area contributed by atoms with Gasteiger partial charge in [-0.1, -0.05) is 13.3 Å². The Bertz CT molecular complexity index is 497. The first-order valence-corrected chi connectivity index (χ1v) is 8.30. The highest BCUT2D eigenvalue weighted by Crippen LogP contribution is 2.16. The van der Waals surface area contributed by atoms with Crippen molar-refractivity contribution in [3.05, 3.63) is 29.8 Å². The summed E-state index contributed by atoms with van der Waals surface area (Å²) in [6.07, 6.45) is 2.12. The summed E-state index contributed by atoms with van der Waals surface area (Å²) < 4.78 is 4.98. The molecule has 0 fully saturated rings. The molecule has 0 spiro atoms. The van der Waals surface area contributed by atoms with E-state index < -0.39 is 5.97 Å². The Hall–Kier alpha value is -2.04. The van der Waals surface area contributed by atoms with E-state index >= 15 is 0 Å². The van der Waals surface area contributed by atoms with Crippen molar-refractivity contribution < 1.29 is 14.3 Å². The maximum Gasteiger partial charge on any atom is 0.325 e. The molecule has 23 heavy (non-hydrogen) atoms. The van der Waals surface area contributed by atoms with Gasteiger partial charge in [-0.05, 0) is 51.5 Å². The molecule has 0 aliphatic heterocycles. The standard InChI is InChI=1S/C18H28N2O3/c1-5-7-12-20(6-2)16-10-8-15(9-11-16)18(22)19-13-17(21)23-14(3)4/h8-11,14H,5-7,12-13H2,1-4H3,(H,19,22). The van der Waals surface area contributed by atoms with Crippen molar-refractivity contribution >= 4 is 17.6 Å². The van der Waals surface area contributed by atoms with Crippen LogP contribution >= 0.6 is 0 Å². The van der Waals surface area contributed by atoms with Crippen molar-refractivity contribution in [2.45, 2.75) is 46.6 Å². The number of anilines is 1. The number of unbranched alkanes of at least 4 members (excludes halogenated alkanes) is 1. The fourth-order valence-corrected chi connectivity index (χ4v) is 2.20. The summed E-state index contributed by atoms with van der Waals surface area (Å²) >= 11 is 0. The molecule has 0 atom stereocenters. The van der Waals surface area contributed by atoms with Crippen LogP contribution in [-0.2, 0) is 9.53 Å². The SMILES string of the molecule is CCCCN(CC)c1ccc(C(=O)NCC(=O)OC(C)C)cc1. The fourth-order valence-electron chi connectivity index (χ4n) is 2.20. The Labute approximate surface area is 139 Å². The van der Waals surface area contributed by atoms with Gasteiger partial charge in [0.2, 0.25) is 0 Å². The zero-order valence-corrected chi connectivity index (χ0v) is 14.6. The highest BCUT2D eigenvalue weighted by Gasteiger charge is 2.11. The van der Waals surface area contributed by atoms with Gasteiger partial charge in [-0.25, -0.2) is 0 Å². The van der Waals surface area contributed by atoms with Crippen molar-refractivity contribution in [2.24, 2.45) is 0 Å². The molecule has 1 aromatic carbocycles. The monoisotopic (exact) mass is 320 g/mol. The Morgan fingerprint density at radius 2 is 1.83 bits per heavy atom. The lowest BCUT2D eigenvalue weighted by atomic mass is 10.1. The third-order valence-electron chi connectivity index (χ3n) is 3.42. The summed E-state index contributed by atoms with van der Waals surface area (Å²) in [5.74, 6) is -0.699. The molecule has 0 saturated heterocycles. The molecule has 5 heteroatoms. The summed E-state index contributed by atoms with van der Waals surface area (Å²) in [5, 5.41) is 2.57. The highest BCUT2D eigenvalue weighted by molar-refractivity contribution is 5.96. The molecule has 5 nitrogen and oxygen atoms in total. The van der Waals surface area contributed by atoms with E-state index in [1.807, 2.05) is 12.1 Å². The van der Waals surface area contributed by atoms with Crippen molar-refractivity contribution in [3.8, 4) is 0 Å². The Morgan fingerprint density at radius 1 is 1.17 bits per heavy atom. The number of rotatable bonds is 9. The summed E-state index contributed by atoms with van der Waals surface area (Å²) in [7, 11) is 0. The van der Waals surface area contributed by atoms with Gasteiger partial charge >= 0.3 is 5.97 Å². The van der Waals surface area contributed by atoms with Crippen LogP contribution in [0, 0.1) is 0 Å². The predicted octanol–water partition coefficient (Wildman–Crippen LogP) is 2.99. The number of amides is 1. The van der Waals surface area contributed by atoms with Crippen molar-refractivity contribution in [3.63, 3.8) is 0 Å². The third-order valence-corrected chi connectivity index (χ3v) is 3.42. The second-order valence-electron chi connectivity index (χ2n) is 5.70. The largest absolute Gasteiger partial charge is 0.462 e. The van der Waals surface area contributed by atoms with Crippen LogP contribution in [-0.4, -0.2) is 37.6 Å². The first kappa shape index (κ1) is 19.0. The molecule has 0 heterocycles. The highest BCUT2D eigenvalue weighted by atomic mass is 16.5. The molecular formula is C18H28N2O3. The maximum absolute atomic E-state index is 12.0. The molecule has 128 valence electrons. The summed E-state index contributed by atoms with van der Waals surface area (Å²) in [4.78, 5) is 25.7. The molecule has 1 rings (SSSR count). The van der Waals surface area contributed by atoms with Gasteiger partial charge in [-0.2, -0.15) is 0 Å². The molecule has 0 saturated carbocycles. The number of carbonyl (C=O) groups is 2. The van der Waals surface area contributed by atoms with Crippen LogP contribution in [0.5, 0.6) is 0 Å². The van der Waals surface area contributed by atoms with E-state index in [9.17, 15) is 9.59 Å². The van der Waals surface area contributed by atoms with Crippen LogP contribution in [0.25, 0.3) is 0 Å². The van der Waals surface area contributed by atoms with Gasteiger partial charge in [-0.15, -0.1) is 0 Å². The molecule has 0 aromatic heterocycles. The van der Waals surface area contributed by atoms with E-state index in [1.54, 1.807) is 26.0 Å².